The Hall–Kier alpha value is -3.26. The van der Waals surface area contributed by atoms with E-state index in [4.69, 9.17) is 5.11 Å². The third-order valence-electron chi connectivity index (χ3n) is 5.75. The van der Waals surface area contributed by atoms with E-state index < -0.39 is 5.97 Å². The van der Waals surface area contributed by atoms with Crippen LogP contribution in [-0.2, 0) is 4.79 Å². The number of hydrogen-bond acceptors (Lipinski definition) is 6. The van der Waals surface area contributed by atoms with E-state index in [1.54, 1.807) is 6.20 Å². The van der Waals surface area contributed by atoms with E-state index in [1.807, 2.05) is 49.4 Å². The summed E-state index contributed by atoms with van der Waals surface area (Å²) in [4.78, 5) is 34.2. The van der Waals surface area contributed by atoms with Gasteiger partial charge in [-0.15, -0.1) is 11.3 Å². The van der Waals surface area contributed by atoms with Gasteiger partial charge in [0.1, 0.15) is 11.6 Å². The summed E-state index contributed by atoms with van der Waals surface area (Å²) in [7, 11) is 0. The third kappa shape index (κ3) is 5.50. The molecule has 1 fully saturated rings. The van der Waals surface area contributed by atoms with Crippen molar-refractivity contribution in [2.45, 2.75) is 32.6 Å². The molecule has 0 unspecified atom stereocenters. The van der Waals surface area contributed by atoms with Crippen LogP contribution in [-0.4, -0.2) is 33.5 Å². The molecule has 0 atom stereocenters. The van der Waals surface area contributed by atoms with Crippen LogP contribution in [0.3, 0.4) is 0 Å². The van der Waals surface area contributed by atoms with Crippen LogP contribution in [0.1, 0.15) is 40.9 Å². The lowest BCUT2D eigenvalue weighted by Crippen LogP contribution is -2.32. The molecule has 3 heterocycles. The molecule has 0 saturated heterocycles. The lowest BCUT2D eigenvalue weighted by molar-refractivity contribution is -0.143. The van der Waals surface area contributed by atoms with Crippen LogP contribution in [0, 0.1) is 18.8 Å². The first-order valence-corrected chi connectivity index (χ1v) is 11.6. The van der Waals surface area contributed by atoms with Crippen molar-refractivity contribution in [3.63, 3.8) is 0 Å². The summed E-state index contributed by atoms with van der Waals surface area (Å²) in [6, 6.07) is 13.4. The molecule has 3 N–H and O–H groups in total. The van der Waals surface area contributed by atoms with E-state index in [0.29, 0.717) is 36.0 Å². The van der Waals surface area contributed by atoms with Crippen LogP contribution in [0.4, 0.5) is 11.6 Å². The number of pyridine rings is 2. The van der Waals surface area contributed by atoms with Crippen molar-refractivity contribution < 1.29 is 14.7 Å². The van der Waals surface area contributed by atoms with Crippen LogP contribution < -0.4 is 10.6 Å². The first-order valence-electron chi connectivity index (χ1n) is 10.8. The maximum absolute atomic E-state index is 12.6. The molecule has 8 heteroatoms. The molecule has 1 amide bonds. The highest BCUT2D eigenvalue weighted by atomic mass is 32.1. The van der Waals surface area contributed by atoms with Gasteiger partial charge >= 0.3 is 5.97 Å². The number of nitrogens with one attached hydrogen (secondary N) is 2. The van der Waals surface area contributed by atoms with Gasteiger partial charge in [0.05, 0.1) is 21.4 Å². The number of carbonyl (C=O) groups is 2. The molecule has 0 spiro atoms. The van der Waals surface area contributed by atoms with Crippen LogP contribution in [0.15, 0.2) is 48.7 Å². The van der Waals surface area contributed by atoms with Crippen LogP contribution >= 0.6 is 11.3 Å². The fourth-order valence-corrected chi connectivity index (χ4v) is 4.80. The maximum Gasteiger partial charge on any atom is 0.306 e. The predicted molar refractivity (Wildman–Crippen MR) is 125 cm³/mol. The van der Waals surface area contributed by atoms with Crippen molar-refractivity contribution >= 4 is 34.8 Å². The van der Waals surface area contributed by atoms with E-state index in [0.717, 1.165) is 34.8 Å². The van der Waals surface area contributed by atoms with Crippen molar-refractivity contribution in [3.8, 4) is 10.6 Å². The number of aromatic nitrogens is 2. The van der Waals surface area contributed by atoms with Gasteiger partial charge in [-0.25, -0.2) is 9.97 Å². The Bertz CT molecular complexity index is 1110. The Morgan fingerprint density at radius 1 is 1.09 bits per heavy atom. The average molecular weight is 451 g/mol. The summed E-state index contributed by atoms with van der Waals surface area (Å²) in [6.45, 7) is 2.59. The average Bonchev–Trinajstić information content (AvgIpc) is 3.28. The SMILES string of the molecule is Cc1ccnc(Nc2cccc(-c3ccc(C(=O)NC[C@H]4CC[C@H](C(=O)O)CC4)s3)n2)c1. The number of carbonyl (C=O) groups excluding carboxylic acids is 1. The zero-order valence-electron chi connectivity index (χ0n) is 17.9. The van der Waals surface area contributed by atoms with E-state index in [2.05, 4.69) is 20.6 Å². The number of rotatable bonds is 7. The highest BCUT2D eigenvalue weighted by Gasteiger charge is 2.26. The van der Waals surface area contributed by atoms with E-state index >= 15 is 0 Å². The minimum atomic E-state index is -0.707. The lowest BCUT2D eigenvalue weighted by Gasteiger charge is -2.26. The minimum absolute atomic E-state index is 0.0974. The molecule has 1 aliphatic rings. The Morgan fingerprint density at radius 3 is 2.66 bits per heavy atom. The third-order valence-corrected chi connectivity index (χ3v) is 6.86. The van der Waals surface area contributed by atoms with Gasteiger partial charge in [-0.2, -0.15) is 0 Å². The molecule has 3 aromatic heterocycles. The van der Waals surface area contributed by atoms with Crippen LogP contribution in [0.5, 0.6) is 0 Å². The molecular weight excluding hydrogens is 424 g/mol. The molecule has 4 rings (SSSR count). The number of anilines is 2. The summed E-state index contributed by atoms with van der Waals surface area (Å²) in [5, 5.41) is 15.3. The Balaban J connectivity index is 1.35. The zero-order valence-corrected chi connectivity index (χ0v) is 18.7. The van der Waals surface area contributed by atoms with E-state index in [1.165, 1.54) is 11.3 Å². The van der Waals surface area contributed by atoms with Gasteiger partial charge in [0.2, 0.25) is 0 Å². The maximum atomic E-state index is 12.6. The van der Waals surface area contributed by atoms with Crippen molar-refractivity contribution in [3.05, 3.63) is 59.1 Å². The van der Waals surface area contributed by atoms with Gasteiger partial charge in [0.25, 0.3) is 5.91 Å². The van der Waals surface area contributed by atoms with E-state index in [-0.39, 0.29) is 11.8 Å². The predicted octanol–water partition coefficient (Wildman–Crippen LogP) is 4.88. The number of nitrogens with zero attached hydrogens (tertiary/aromatic N) is 2. The molecule has 0 bridgehead atoms. The van der Waals surface area contributed by atoms with Gasteiger partial charge in [0, 0.05) is 12.7 Å². The largest absolute Gasteiger partial charge is 0.481 e. The molecular formula is C24H26N4O3S. The number of amides is 1. The first kappa shape index (κ1) is 22.0. The van der Waals surface area contributed by atoms with Crippen molar-refractivity contribution in [1.82, 2.24) is 15.3 Å². The molecule has 32 heavy (non-hydrogen) atoms. The number of hydrogen-bond donors (Lipinski definition) is 3. The standard InChI is InChI=1S/C24H26N4O3S/c1-15-11-12-25-22(13-15)28-21-4-2-3-18(27-21)19-9-10-20(32-19)23(29)26-14-16-5-7-17(8-6-16)24(30)31/h2-4,9-13,16-17H,5-8,14H2,1H3,(H,26,29)(H,30,31)(H,25,27,28)/t16-,17-. The molecule has 0 aliphatic heterocycles. The van der Waals surface area contributed by atoms with Crippen LogP contribution in [0.25, 0.3) is 10.6 Å². The molecule has 7 nitrogen and oxygen atoms in total. The fraction of sp³-hybridized carbons (Fsp3) is 0.333. The summed E-state index contributed by atoms with van der Waals surface area (Å²) in [5.74, 6) is 0.728. The molecule has 0 radical (unpaired) electrons. The number of thiophene rings is 1. The minimum Gasteiger partial charge on any atom is -0.481 e. The number of aliphatic carboxylic acids is 1. The smallest absolute Gasteiger partial charge is 0.306 e. The van der Waals surface area contributed by atoms with Crippen molar-refractivity contribution in [1.29, 1.82) is 0 Å². The van der Waals surface area contributed by atoms with Gasteiger partial charge < -0.3 is 15.7 Å². The van der Waals surface area contributed by atoms with Crippen molar-refractivity contribution in [2.24, 2.45) is 11.8 Å². The Morgan fingerprint density at radius 2 is 1.91 bits per heavy atom. The number of aryl methyl sites for hydroxylation is 1. The van der Waals surface area contributed by atoms with Gasteiger partial charge in [-0.1, -0.05) is 6.07 Å². The highest BCUT2D eigenvalue weighted by Crippen LogP contribution is 2.30. The second-order valence-corrected chi connectivity index (χ2v) is 9.27. The molecule has 1 saturated carbocycles. The van der Waals surface area contributed by atoms with Gasteiger partial charge in [-0.3, -0.25) is 9.59 Å². The Labute approximate surface area is 190 Å². The second-order valence-electron chi connectivity index (χ2n) is 8.18. The molecule has 1 aliphatic carbocycles. The molecule has 3 aromatic rings. The monoisotopic (exact) mass is 450 g/mol. The summed E-state index contributed by atoms with van der Waals surface area (Å²) in [6.07, 6.45) is 4.81. The lowest BCUT2D eigenvalue weighted by atomic mass is 9.82. The number of carboxylic acids is 1. The summed E-state index contributed by atoms with van der Waals surface area (Å²) in [5.41, 5.74) is 1.90. The highest BCUT2D eigenvalue weighted by molar-refractivity contribution is 7.17. The molecule has 166 valence electrons. The number of carboxylic acid groups (broad SMARTS) is 1. The fourth-order valence-electron chi connectivity index (χ4n) is 3.91. The Kier molecular flexibility index (Phi) is 6.80. The first-order chi connectivity index (χ1) is 15.5. The van der Waals surface area contributed by atoms with E-state index in [9.17, 15) is 9.59 Å². The quantitative estimate of drug-likeness (QED) is 0.474. The zero-order chi connectivity index (χ0) is 22.5. The topological polar surface area (TPSA) is 104 Å². The van der Waals surface area contributed by atoms with Gasteiger partial charge in [-0.05, 0) is 80.5 Å². The second kappa shape index (κ2) is 9.91. The summed E-state index contributed by atoms with van der Waals surface area (Å²) >= 11 is 1.41. The van der Waals surface area contributed by atoms with Gasteiger partial charge in [0.15, 0.2) is 0 Å². The van der Waals surface area contributed by atoms with Crippen LogP contribution in [0.2, 0.25) is 0 Å². The van der Waals surface area contributed by atoms with Crippen molar-refractivity contribution in [2.75, 3.05) is 11.9 Å². The normalized spacial score (nSPS) is 18.2. The molecule has 0 aromatic carbocycles. The summed E-state index contributed by atoms with van der Waals surface area (Å²) < 4.78 is 0.